The van der Waals surface area contributed by atoms with Crippen LogP contribution >= 0.6 is 0 Å². The molecule has 2 nitrogen and oxygen atoms in total. The second kappa shape index (κ2) is 4.66. The highest BCUT2D eigenvalue weighted by atomic mass is 28.3. The fourth-order valence-electron chi connectivity index (χ4n) is 2.08. The summed E-state index contributed by atoms with van der Waals surface area (Å²) in [5, 5.41) is 0. The van der Waals surface area contributed by atoms with E-state index >= 15 is 0 Å². The molecule has 0 unspecified atom stereocenters. The molecule has 1 heterocycles. The standard InChI is InChI=1S/C10H20F3NOSi/c1-7-5-8(6-16(2,3)4)15-14-9(7)10(11,12)13/h7-9,14H,5-6H2,1-4H3/t7-,8-,9+/m0/s1. The maximum atomic E-state index is 12.5. The van der Waals surface area contributed by atoms with Crippen molar-refractivity contribution in [2.24, 2.45) is 5.92 Å². The van der Waals surface area contributed by atoms with Crippen molar-refractivity contribution in [1.82, 2.24) is 5.48 Å². The van der Waals surface area contributed by atoms with Crippen LogP contribution in [-0.4, -0.2) is 26.4 Å². The van der Waals surface area contributed by atoms with Gasteiger partial charge in [0.15, 0.2) is 0 Å². The van der Waals surface area contributed by atoms with Crippen molar-refractivity contribution in [1.29, 1.82) is 0 Å². The van der Waals surface area contributed by atoms with Gasteiger partial charge in [0.25, 0.3) is 0 Å². The number of hydrogen-bond donors (Lipinski definition) is 1. The van der Waals surface area contributed by atoms with Crippen LogP contribution in [0.15, 0.2) is 0 Å². The second-order valence-corrected chi connectivity index (χ2v) is 11.4. The Balaban J connectivity index is 2.52. The van der Waals surface area contributed by atoms with E-state index < -0.39 is 26.2 Å². The Kier molecular flexibility index (Phi) is 4.07. The highest BCUT2D eigenvalue weighted by molar-refractivity contribution is 6.76. The predicted molar refractivity (Wildman–Crippen MR) is 59.8 cm³/mol. The zero-order valence-electron chi connectivity index (χ0n) is 10.2. The molecule has 0 radical (unpaired) electrons. The van der Waals surface area contributed by atoms with Crippen LogP contribution in [0.2, 0.25) is 25.7 Å². The number of nitrogens with one attached hydrogen (secondary N) is 1. The number of hydrogen-bond acceptors (Lipinski definition) is 2. The van der Waals surface area contributed by atoms with Gasteiger partial charge in [0, 0.05) is 8.07 Å². The third kappa shape index (κ3) is 4.07. The van der Waals surface area contributed by atoms with Gasteiger partial charge in [0.1, 0.15) is 6.04 Å². The minimum Gasteiger partial charge on any atom is -0.298 e. The van der Waals surface area contributed by atoms with Crippen LogP contribution in [0.25, 0.3) is 0 Å². The van der Waals surface area contributed by atoms with Gasteiger partial charge in [0.2, 0.25) is 0 Å². The molecule has 1 N–H and O–H groups in total. The maximum absolute atomic E-state index is 12.5. The molecule has 0 bridgehead atoms. The van der Waals surface area contributed by atoms with Gasteiger partial charge >= 0.3 is 6.18 Å². The van der Waals surface area contributed by atoms with Crippen LogP contribution in [0.4, 0.5) is 13.2 Å². The first kappa shape index (κ1) is 14.0. The van der Waals surface area contributed by atoms with Gasteiger partial charge < -0.3 is 0 Å². The summed E-state index contributed by atoms with van der Waals surface area (Å²) >= 11 is 0. The van der Waals surface area contributed by atoms with Gasteiger partial charge in [-0.3, -0.25) is 4.84 Å². The zero-order chi connectivity index (χ0) is 12.6. The largest absolute Gasteiger partial charge is 0.406 e. The fourth-order valence-corrected chi connectivity index (χ4v) is 3.70. The van der Waals surface area contributed by atoms with Crippen molar-refractivity contribution in [3.63, 3.8) is 0 Å². The molecule has 0 spiro atoms. The van der Waals surface area contributed by atoms with E-state index in [0.29, 0.717) is 6.42 Å². The summed E-state index contributed by atoms with van der Waals surface area (Å²) in [6, 6.07) is -0.625. The molecule has 1 saturated heterocycles. The Hall–Kier alpha value is -0.0731. The minimum absolute atomic E-state index is 0.0692. The van der Waals surface area contributed by atoms with Gasteiger partial charge in [-0.1, -0.05) is 26.6 Å². The van der Waals surface area contributed by atoms with Crippen molar-refractivity contribution in [2.45, 2.75) is 57.4 Å². The lowest BCUT2D eigenvalue weighted by Crippen LogP contribution is -2.53. The quantitative estimate of drug-likeness (QED) is 0.765. The van der Waals surface area contributed by atoms with Crippen LogP contribution < -0.4 is 5.48 Å². The SMILES string of the molecule is C[C@H]1C[C@@H](C[Si](C)(C)C)ON[C@H]1C(F)(F)F. The lowest BCUT2D eigenvalue weighted by atomic mass is 9.94. The molecule has 0 saturated carbocycles. The third-order valence-corrected chi connectivity index (χ3v) is 4.44. The summed E-state index contributed by atoms with van der Waals surface area (Å²) in [6.45, 7) is 8.20. The van der Waals surface area contributed by atoms with Crippen molar-refractivity contribution in [3.05, 3.63) is 0 Å². The maximum Gasteiger partial charge on any atom is 0.406 e. The number of halogens is 3. The molecule has 0 aromatic carbocycles. The lowest BCUT2D eigenvalue weighted by Gasteiger charge is -2.37. The van der Waals surface area contributed by atoms with Crippen LogP contribution in [0.1, 0.15) is 13.3 Å². The first-order chi connectivity index (χ1) is 7.09. The topological polar surface area (TPSA) is 21.3 Å². The van der Waals surface area contributed by atoms with E-state index in [-0.39, 0.29) is 6.10 Å². The molecule has 3 atom stereocenters. The summed E-state index contributed by atoms with van der Waals surface area (Å²) in [5.74, 6) is -0.421. The second-order valence-electron chi connectivity index (χ2n) is 5.85. The summed E-state index contributed by atoms with van der Waals surface area (Å²) in [7, 11) is -1.29. The number of alkyl halides is 3. The number of hydroxylamine groups is 1. The first-order valence-electron chi connectivity index (χ1n) is 5.57. The van der Waals surface area contributed by atoms with Gasteiger partial charge in [-0.15, -0.1) is 0 Å². The average Bonchev–Trinajstić information content (AvgIpc) is 1.97. The van der Waals surface area contributed by atoms with Crippen LogP contribution in [-0.2, 0) is 4.84 Å². The van der Waals surface area contributed by atoms with E-state index in [1.54, 1.807) is 6.92 Å². The third-order valence-electron chi connectivity index (χ3n) is 2.76. The van der Waals surface area contributed by atoms with E-state index in [9.17, 15) is 13.2 Å². The summed E-state index contributed by atoms with van der Waals surface area (Å²) < 4.78 is 37.6. The molecule has 1 aliphatic rings. The molecule has 1 fully saturated rings. The van der Waals surface area contributed by atoms with Crippen molar-refractivity contribution in [3.8, 4) is 0 Å². The lowest BCUT2D eigenvalue weighted by molar-refractivity contribution is -0.224. The highest BCUT2D eigenvalue weighted by Crippen LogP contribution is 2.33. The van der Waals surface area contributed by atoms with Gasteiger partial charge in [-0.2, -0.15) is 18.7 Å². The first-order valence-corrected chi connectivity index (χ1v) is 9.28. The minimum atomic E-state index is -4.22. The molecule has 0 aromatic heterocycles. The molecule has 0 aliphatic carbocycles. The van der Waals surface area contributed by atoms with Gasteiger partial charge in [-0.25, -0.2) is 0 Å². The molecular weight excluding hydrogens is 235 g/mol. The summed E-state index contributed by atoms with van der Waals surface area (Å²) in [5.41, 5.74) is 2.18. The Bertz CT molecular complexity index is 239. The van der Waals surface area contributed by atoms with Crippen LogP contribution in [0.3, 0.4) is 0 Å². The van der Waals surface area contributed by atoms with Gasteiger partial charge in [0.05, 0.1) is 6.10 Å². The van der Waals surface area contributed by atoms with Crippen LogP contribution in [0.5, 0.6) is 0 Å². The highest BCUT2D eigenvalue weighted by Gasteiger charge is 2.46. The molecule has 0 aromatic rings. The summed E-state index contributed by atoms with van der Waals surface area (Å²) in [6.07, 6.45) is -3.80. The van der Waals surface area contributed by atoms with Crippen molar-refractivity contribution >= 4 is 8.07 Å². The molecule has 0 amide bonds. The van der Waals surface area contributed by atoms with Gasteiger partial charge in [-0.05, 0) is 18.4 Å². The molecule has 16 heavy (non-hydrogen) atoms. The molecular formula is C10H20F3NOSi. The monoisotopic (exact) mass is 255 g/mol. The Morgan fingerprint density at radius 3 is 2.25 bits per heavy atom. The van der Waals surface area contributed by atoms with Crippen molar-refractivity contribution < 1.29 is 18.0 Å². The zero-order valence-corrected chi connectivity index (χ0v) is 11.2. The van der Waals surface area contributed by atoms with E-state index in [1.165, 1.54) is 0 Å². The Labute approximate surface area is 95.5 Å². The summed E-state index contributed by atoms with van der Waals surface area (Å²) in [4.78, 5) is 5.13. The van der Waals surface area contributed by atoms with Crippen LogP contribution in [0, 0.1) is 5.92 Å². The van der Waals surface area contributed by atoms with Crippen molar-refractivity contribution in [2.75, 3.05) is 0 Å². The van der Waals surface area contributed by atoms with E-state index in [0.717, 1.165) is 6.04 Å². The Morgan fingerprint density at radius 2 is 1.88 bits per heavy atom. The molecule has 96 valence electrons. The number of rotatable bonds is 2. The smallest absolute Gasteiger partial charge is 0.298 e. The molecule has 6 heteroatoms. The predicted octanol–water partition coefficient (Wildman–Crippen LogP) is 3.19. The van der Waals surface area contributed by atoms with E-state index in [4.69, 9.17) is 4.84 Å². The van der Waals surface area contributed by atoms with E-state index in [1.807, 2.05) is 0 Å². The van der Waals surface area contributed by atoms with E-state index in [2.05, 4.69) is 25.1 Å². The molecule has 1 rings (SSSR count). The fraction of sp³-hybridized carbons (Fsp3) is 1.00. The average molecular weight is 255 g/mol. The molecule has 1 aliphatic heterocycles. The normalized spacial score (nSPS) is 32.8. The Morgan fingerprint density at radius 1 is 1.31 bits per heavy atom.